The zero-order valence-corrected chi connectivity index (χ0v) is 16.6. The van der Waals surface area contributed by atoms with Gasteiger partial charge in [0.25, 0.3) is 0 Å². The molecule has 0 bridgehead atoms. The summed E-state index contributed by atoms with van der Waals surface area (Å²) in [7, 11) is -2.25. The highest BCUT2D eigenvalue weighted by Crippen LogP contribution is 2.19. The predicted octanol–water partition coefficient (Wildman–Crippen LogP) is 2.78. The Bertz CT molecular complexity index is 806. The van der Waals surface area contributed by atoms with Gasteiger partial charge in [-0.25, -0.2) is 8.42 Å². The van der Waals surface area contributed by atoms with Crippen molar-refractivity contribution in [1.82, 2.24) is 9.62 Å². The molecule has 1 amide bonds. The molecule has 26 heavy (non-hydrogen) atoms. The molecule has 0 aliphatic heterocycles. The number of amides is 1. The largest absolute Gasteiger partial charge is 0.355 e. The summed E-state index contributed by atoms with van der Waals surface area (Å²) in [4.78, 5) is 13.2. The van der Waals surface area contributed by atoms with Crippen LogP contribution in [0.5, 0.6) is 0 Å². The number of hydrogen-bond donors (Lipinski definition) is 1. The maximum atomic E-state index is 12.5. The molecule has 0 fully saturated rings. The molecule has 0 aliphatic carbocycles. The average molecular weight is 393 g/mol. The van der Waals surface area contributed by atoms with Crippen LogP contribution < -0.4 is 5.32 Å². The number of rotatable bonds is 9. The van der Waals surface area contributed by atoms with Crippen molar-refractivity contribution in [3.05, 3.63) is 60.2 Å². The van der Waals surface area contributed by atoms with Gasteiger partial charge in [0.15, 0.2) is 0 Å². The quantitative estimate of drug-likeness (QED) is 0.526. The van der Waals surface area contributed by atoms with Gasteiger partial charge in [0.05, 0.1) is 11.4 Å². The number of thioether (sulfide) groups is 1. The molecule has 5 nitrogen and oxygen atoms in total. The molecule has 140 valence electrons. The number of hydrogen-bond acceptors (Lipinski definition) is 4. The Morgan fingerprint density at radius 2 is 1.73 bits per heavy atom. The fourth-order valence-electron chi connectivity index (χ4n) is 2.44. The molecule has 0 aliphatic rings. The lowest BCUT2D eigenvalue weighted by atomic mass is 10.1. The number of nitrogens with zero attached hydrogens (tertiary/aromatic N) is 1. The molecule has 0 heterocycles. The van der Waals surface area contributed by atoms with Crippen molar-refractivity contribution in [2.24, 2.45) is 0 Å². The molecule has 7 heteroatoms. The van der Waals surface area contributed by atoms with Crippen LogP contribution in [0.2, 0.25) is 0 Å². The second kappa shape index (κ2) is 9.75. The van der Waals surface area contributed by atoms with E-state index in [-0.39, 0.29) is 17.3 Å². The van der Waals surface area contributed by atoms with Crippen molar-refractivity contribution in [3.8, 4) is 0 Å². The fraction of sp³-hybridized carbons (Fsp3) is 0.316. The SMILES string of the molecule is CSc1ccc(S(=O)(=O)N(C)CC(=O)NCCCc2ccccc2)cc1. The number of carbonyl (C=O) groups is 1. The molecule has 0 aromatic heterocycles. The van der Waals surface area contributed by atoms with E-state index >= 15 is 0 Å². The van der Waals surface area contributed by atoms with Crippen LogP contribution in [0.1, 0.15) is 12.0 Å². The summed E-state index contributed by atoms with van der Waals surface area (Å²) in [5, 5.41) is 2.78. The van der Waals surface area contributed by atoms with Crippen LogP contribution >= 0.6 is 11.8 Å². The minimum absolute atomic E-state index is 0.190. The van der Waals surface area contributed by atoms with Crippen molar-refractivity contribution < 1.29 is 13.2 Å². The summed E-state index contributed by atoms with van der Waals surface area (Å²) in [5.41, 5.74) is 1.22. The third-order valence-corrected chi connectivity index (χ3v) is 6.50. The van der Waals surface area contributed by atoms with Gasteiger partial charge in [-0.1, -0.05) is 30.3 Å². The van der Waals surface area contributed by atoms with Crippen LogP contribution in [-0.2, 0) is 21.2 Å². The van der Waals surface area contributed by atoms with Gasteiger partial charge in [0.1, 0.15) is 0 Å². The van der Waals surface area contributed by atoms with E-state index in [4.69, 9.17) is 0 Å². The first-order valence-electron chi connectivity index (χ1n) is 8.34. The van der Waals surface area contributed by atoms with Crippen LogP contribution in [0.15, 0.2) is 64.4 Å². The molecule has 0 saturated carbocycles. The number of aryl methyl sites for hydroxylation is 1. The maximum Gasteiger partial charge on any atom is 0.243 e. The number of likely N-dealkylation sites (N-methyl/N-ethyl adjacent to an activating group) is 1. The van der Waals surface area contributed by atoms with Crippen molar-refractivity contribution in [2.75, 3.05) is 26.4 Å². The summed E-state index contributed by atoms with van der Waals surface area (Å²) < 4.78 is 26.1. The van der Waals surface area contributed by atoms with Gasteiger partial charge >= 0.3 is 0 Å². The second-order valence-corrected chi connectivity index (χ2v) is 8.80. The van der Waals surface area contributed by atoms with Gasteiger partial charge in [0, 0.05) is 18.5 Å². The Morgan fingerprint density at radius 1 is 1.08 bits per heavy atom. The lowest BCUT2D eigenvalue weighted by Crippen LogP contribution is -2.38. The zero-order valence-electron chi connectivity index (χ0n) is 15.0. The zero-order chi connectivity index (χ0) is 19.0. The van der Waals surface area contributed by atoms with Crippen LogP contribution in [0.3, 0.4) is 0 Å². The number of nitrogens with one attached hydrogen (secondary N) is 1. The fourth-order valence-corrected chi connectivity index (χ4v) is 3.97. The first-order chi connectivity index (χ1) is 12.4. The Morgan fingerprint density at radius 3 is 2.35 bits per heavy atom. The molecular formula is C19H24N2O3S2. The minimum atomic E-state index is -3.67. The lowest BCUT2D eigenvalue weighted by Gasteiger charge is -2.17. The third-order valence-electron chi connectivity index (χ3n) is 3.94. The monoisotopic (exact) mass is 392 g/mol. The van der Waals surface area contributed by atoms with Gasteiger partial charge in [-0.3, -0.25) is 4.79 Å². The highest BCUT2D eigenvalue weighted by molar-refractivity contribution is 7.98. The molecule has 0 saturated heterocycles. The van der Waals surface area contributed by atoms with Crippen LogP contribution in [0.4, 0.5) is 0 Å². The van der Waals surface area contributed by atoms with Gasteiger partial charge in [-0.15, -0.1) is 11.8 Å². The Hall–Kier alpha value is -1.83. The van der Waals surface area contributed by atoms with Crippen molar-refractivity contribution in [2.45, 2.75) is 22.6 Å². The topological polar surface area (TPSA) is 66.5 Å². The van der Waals surface area contributed by atoms with Gasteiger partial charge < -0.3 is 5.32 Å². The standard InChI is InChI=1S/C19H24N2O3S2/c1-21(26(23,24)18-12-10-17(25-2)11-13-18)15-19(22)20-14-6-9-16-7-4-3-5-8-16/h3-5,7-8,10-13H,6,9,14-15H2,1-2H3,(H,20,22). The van der Waals surface area contributed by atoms with Crippen LogP contribution in [-0.4, -0.2) is 45.0 Å². The Balaban J connectivity index is 1.81. The van der Waals surface area contributed by atoms with E-state index < -0.39 is 10.0 Å². The van der Waals surface area contributed by atoms with Gasteiger partial charge in [-0.05, 0) is 48.9 Å². The Labute approximate surface area is 159 Å². The number of sulfonamides is 1. The summed E-state index contributed by atoms with van der Waals surface area (Å²) in [6, 6.07) is 16.7. The normalized spacial score (nSPS) is 11.5. The lowest BCUT2D eigenvalue weighted by molar-refractivity contribution is -0.121. The summed E-state index contributed by atoms with van der Waals surface area (Å²) in [6.07, 6.45) is 3.61. The Kier molecular flexibility index (Phi) is 7.68. The highest BCUT2D eigenvalue weighted by Gasteiger charge is 2.22. The number of carbonyl (C=O) groups excluding carboxylic acids is 1. The van der Waals surface area contributed by atoms with Crippen molar-refractivity contribution in [1.29, 1.82) is 0 Å². The third kappa shape index (κ3) is 5.86. The number of benzene rings is 2. The molecule has 0 radical (unpaired) electrons. The first-order valence-corrected chi connectivity index (χ1v) is 11.0. The molecular weight excluding hydrogens is 368 g/mol. The molecule has 0 atom stereocenters. The van der Waals surface area contributed by atoms with E-state index in [0.717, 1.165) is 22.0 Å². The van der Waals surface area contributed by atoms with Crippen LogP contribution in [0.25, 0.3) is 0 Å². The summed E-state index contributed by atoms with van der Waals surface area (Å²) >= 11 is 1.54. The summed E-state index contributed by atoms with van der Waals surface area (Å²) in [5.74, 6) is -0.301. The van der Waals surface area contributed by atoms with Gasteiger partial charge in [0.2, 0.25) is 15.9 Å². The maximum absolute atomic E-state index is 12.5. The highest BCUT2D eigenvalue weighted by atomic mass is 32.2. The molecule has 0 unspecified atom stereocenters. The second-order valence-electron chi connectivity index (χ2n) is 5.88. The van der Waals surface area contributed by atoms with E-state index in [1.165, 1.54) is 12.6 Å². The van der Waals surface area contributed by atoms with Gasteiger partial charge in [-0.2, -0.15) is 4.31 Å². The van der Waals surface area contributed by atoms with E-state index in [1.807, 2.05) is 36.6 Å². The summed E-state index contributed by atoms with van der Waals surface area (Å²) in [6.45, 7) is 0.321. The van der Waals surface area contributed by atoms with E-state index in [2.05, 4.69) is 5.32 Å². The van der Waals surface area contributed by atoms with Crippen LogP contribution in [0, 0.1) is 0 Å². The average Bonchev–Trinajstić information content (AvgIpc) is 2.66. The van der Waals surface area contributed by atoms with E-state index in [0.29, 0.717) is 6.54 Å². The molecule has 2 rings (SSSR count). The molecule has 1 N–H and O–H groups in total. The molecule has 0 spiro atoms. The van der Waals surface area contributed by atoms with E-state index in [1.54, 1.807) is 36.0 Å². The van der Waals surface area contributed by atoms with Crippen molar-refractivity contribution >= 4 is 27.7 Å². The van der Waals surface area contributed by atoms with Crippen molar-refractivity contribution in [3.63, 3.8) is 0 Å². The molecule has 2 aromatic rings. The first kappa shape index (κ1) is 20.5. The minimum Gasteiger partial charge on any atom is -0.355 e. The predicted molar refractivity (Wildman–Crippen MR) is 106 cm³/mol. The smallest absolute Gasteiger partial charge is 0.243 e. The molecule has 2 aromatic carbocycles. The van der Waals surface area contributed by atoms with E-state index in [9.17, 15) is 13.2 Å².